The van der Waals surface area contributed by atoms with Crippen LogP contribution in [0.1, 0.15) is 45.4 Å². The summed E-state index contributed by atoms with van der Waals surface area (Å²) in [5.74, 6) is 0. The van der Waals surface area contributed by atoms with E-state index in [1.54, 1.807) is 0 Å². The number of benzene rings is 1. The fraction of sp³-hybridized carbons (Fsp3) is 0.529. The molecule has 0 fully saturated rings. The minimum atomic E-state index is 1.13. The smallest absolute Gasteiger partial charge is 0.0363 e. The molecule has 0 radical (unpaired) electrons. The first-order valence-electron chi connectivity index (χ1n) is 7.25. The van der Waals surface area contributed by atoms with E-state index in [9.17, 15) is 0 Å². The van der Waals surface area contributed by atoms with Crippen LogP contribution in [0, 0.1) is 0 Å². The van der Waals surface area contributed by atoms with Crippen LogP contribution in [0.5, 0.6) is 0 Å². The van der Waals surface area contributed by atoms with Gasteiger partial charge in [-0.3, -0.25) is 0 Å². The summed E-state index contributed by atoms with van der Waals surface area (Å²) in [6.45, 7) is 3.38. The summed E-state index contributed by atoms with van der Waals surface area (Å²) >= 11 is 0. The van der Waals surface area contributed by atoms with Crippen molar-refractivity contribution in [1.82, 2.24) is 0 Å². The zero-order valence-corrected chi connectivity index (χ0v) is 11.9. The minimum Gasteiger partial charge on any atom is -0.375 e. The topological polar surface area (TPSA) is 3.24 Å². The minimum absolute atomic E-state index is 1.13. The van der Waals surface area contributed by atoms with Gasteiger partial charge in [-0.2, -0.15) is 0 Å². The van der Waals surface area contributed by atoms with E-state index < -0.39 is 0 Å². The quantitative estimate of drug-likeness (QED) is 0.435. The number of rotatable bonds is 9. The third-order valence-electron chi connectivity index (χ3n) is 3.20. The van der Waals surface area contributed by atoms with Crippen molar-refractivity contribution in [3.8, 4) is 0 Å². The van der Waals surface area contributed by atoms with E-state index in [1.165, 1.54) is 44.2 Å². The summed E-state index contributed by atoms with van der Waals surface area (Å²) in [6.07, 6.45) is 12.4. The molecule has 1 aromatic rings. The maximum absolute atomic E-state index is 2.35. The molecule has 18 heavy (non-hydrogen) atoms. The average Bonchev–Trinajstić information content (AvgIpc) is 2.42. The van der Waals surface area contributed by atoms with Crippen molar-refractivity contribution in [3.05, 3.63) is 42.5 Å². The molecule has 0 amide bonds. The molecule has 1 rings (SSSR count). The summed E-state index contributed by atoms with van der Waals surface area (Å²) < 4.78 is 0. The molecule has 1 aromatic carbocycles. The highest BCUT2D eigenvalue weighted by atomic mass is 15.1. The van der Waals surface area contributed by atoms with E-state index >= 15 is 0 Å². The van der Waals surface area contributed by atoms with E-state index in [4.69, 9.17) is 0 Å². The Balaban J connectivity index is 2.07. The molecule has 0 aliphatic heterocycles. The fourth-order valence-corrected chi connectivity index (χ4v) is 2.01. The summed E-state index contributed by atoms with van der Waals surface area (Å²) in [7, 11) is 2.17. The average molecular weight is 245 g/mol. The van der Waals surface area contributed by atoms with Crippen molar-refractivity contribution in [3.63, 3.8) is 0 Å². The Morgan fingerprint density at radius 3 is 2.28 bits per heavy atom. The van der Waals surface area contributed by atoms with Crippen molar-refractivity contribution < 1.29 is 0 Å². The first kappa shape index (κ1) is 14.8. The maximum atomic E-state index is 2.35. The number of para-hydroxylation sites is 1. The lowest BCUT2D eigenvalue weighted by molar-refractivity contribution is 0.726. The van der Waals surface area contributed by atoms with Crippen molar-refractivity contribution in [2.24, 2.45) is 0 Å². The highest BCUT2D eigenvalue weighted by molar-refractivity contribution is 5.44. The molecule has 1 nitrogen and oxygen atoms in total. The summed E-state index contributed by atoms with van der Waals surface area (Å²) in [5, 5.41) is 0. The Morgan fingerprint density at radius 1 is 0.944 bits per heavy atom. The van der Waals surface area contributed by atoms with Crippen molar-refractivity contribution in [2.45, 2.75) is 45.4 Å². The second-order valence-corrected chi connectivity index (χ2v) is 4.87. The van der Waals surface area contributed by atoms with Gasteiger partial charge in [0.1, 0.15) is 0 Å². The molecule has 0 N–H and O–H groups in total. The first-order chi connectivity index (χ1) is 8.84. The van der Waals surface area contributed by atoms with Crippen molar-refractivity contribution in [1.29, 1.82) is 0 Å². The lowest BCUT2D eigenvalue weighted by atomic mass is 10.2. The van der Waals surface area contributed by atoms with Gasteiger partial charge in [0.15, 0.2) is 0 Å². The molecule has 100 valence electrons. The molecule has 0 heterocycles. The Kier molecular flexibility index (Phi) is 8.03. The van der Waals surface area contributed by atoms with Crippen LogP contribution in [0.15, 0.2) is 42.5 Å². The van der Waals surface area contributed by atoms with Crippen LogP contribution in [0.3, 0.4) is 0 Å². The Hall–Kier alpha value is -1.24. The Labute approximate surface area is 113 Å². The number of hydrogen-bond donors (Lipinski definition) is 0. The standard InChI is InChI=1S/C17H27N/c1-3-4-5-6-7-8-9-13-16-18(2)17-14-11-10-12-15-17/h7-8,10-12,14-15H,3-6,9,13,16H2,1-2H3/b8-7-. The monoisotopic (exact) mass is 245 g/mol. The summed E-state index contributed by atoms with van der Waals surface area (Å²) in [4.78, 5) is 2.32. The normalized spacial score (nSPS) is 11.0. The van der Waals surface area contributed by atoms with Crippen molar-refractivity contribution in [2.75, 3.05) is 18.5 Å². The van der Waals surface area contributed by atoms with Gasteiger partial charge in [-0.25, -0.2) is 0 Å². The number of anilines is 1. The first-order valence-corrected chi connectivity index (χ1v) is 7.25. The predicted octanol–water partition coefficient (Wildman–Crippen LogP) is 5.04. The fourth-order valence-electron chi connectivity index (χ4n) is 2.01. The van der Waals surface area contributed by atoms with Gasteiger partial charge in [-0.05, 0) is 37.8 Å². The van der Waals surface area contributed by atoms with Crippen LogP contribution >= 0.6 is 0 Å². The van der Waals surface area contributed by atoms with Gasteiger partial charge in [-0.15, -0.1) is 0 Å². The van der Waals surface area contributed by atoms with Crippen LogP contribution in [0.4, 0.5) is 5.69 Å². The summed E-state index contributed by atoms with van der Waals surface area (Å²) in [6, 6.07) is 10.6. The Bertz CT molecular complexity index is 316. The van der Waals surface area contributed by atoms with E-state index in [2.05, 4.69) is 61.4 Å². The Morgan fingerprint density at radius 2 is 1.61 bits per heavy atom. The van der Waals surface area contributed by atoms with E-state index in [-0.39, 0.29) is 0 Å². The van der Waals surface area contributed by atoms with E-state index in [1.807, 2.05) is 0 Å². The predicted molar refractivity (Wildman–Crippen MR) is 82.2 cm³/mol. The van der Waals surface area contributed by atoms with Crippen LogP contribution in [-0.2, 0) is 0 Å². The molecule has 0 aromatic heterocycles. The second-order valence-electron chi connectivity index (χ2n) is 4.87. The lowest BCUT2D eigenvalue weighted by Crippen LogP contribution is -2.17. The third kappa shape index (κ3) is 6.48. The maximum Gasteiger partial charge on any atom is 0.0363 e. The van der Waals surface area contributed by atoms with E-state index in [0.29, 0.717) is 0 Å². The van der Waals surface area contributed by atoms with Gasteiger partial charge in [0, 0.05) is 19.3 Å². The molecule has 0 spiro atoms. The van der Waals surface area contributed by atoms with Gasteiger partial charge in [0.25, 0.3) is 0 Å². The van der Waals surface area contributed by atoms with Gasteiger partial charge in [-0.1, -0.05) is 50.1 Å². The molecular formula is C17H27N. The molecule has 0 saturated carbocycles. The van der Waals surface area contributed by atoms with Crippen LogP contribution in [-0.4, -0.2) is 13.6 Å². The number of allylic oxidation sites excluding steroid dienone is 2. The number of hydrogen-bond acceptors (Lipinski definition) is 1. The highest BCUT2D eigenvalue weighted by Crippen LogP contribution is 2.11. The molecule has 0 saturated heterocycles. The third-order valence-corrected chi connectivity index (χ3v) is 3.20. The number of nitrogens with zero attached hydrogens (tertiary/aromatic N) is 1. The van der Waals surface area contributed by atoms with Gasteiger partial charge in [0.05, 0.1) is 0 Å². The zero-order valence-electron chi connectivity index (χ0n) is 11.9. The van der Waals surface area contributed by atoms with Gasteiger partial charge >= 0.3 is 0 Å². The SMILES string of the molecule is CCCCC/C=C\CCCN(C)c1ccccc1. The molecule has 0 aliphatic carbocycles. The molecule has 0 aliphatic rings. The molecule has 0 bridgehead atoms. The summed E-state index contributed by atoms with van der Waals surface area (Å²) in [5.41, 5.74) is 1.31. The molecule has 0 unspecified atom stereocenters. The lowest BCUT2D eigenvalue weighted by Gasteiger charge is -2.18. The van der Waals surface area contributed by atoms with Gasteiger partial charge < -0.3 is 4.90 Å². The number of unbranched alkanes of at least 4 members (excludes halogenated alkanes) is 4. The molecular weight excluding hydrogens is 218 g/mol. The van der Waals surface area contributed by atoms with Crippen LogP contribution in [0.2, 0.25) is 0 Å². The molecule has 0 atom stereocenters. The zero-order chi connectivity index (χ0) is 13.1. The second kappa shape index (κ2) is 9.76. The van der Waals surface area contributed by atoms with Crippen molar-refractivity contribution >= 4 is 5.69 Å². The van der Waals surface area contributed by atoms with E-state index in [0.717, 1.165) is 6.54 Å². The van der Waals surface area contributed by atoms with Gasteiger partial charge in [0.2, 0.25) is 0 Å². The van der Waals surface area contributed by atoms with Crippen LogP contribution in [0.25, 0.3) is 0 Å². The molecule has 1 heteroatoms. The highest BCUT2D eigenvalue weighted by Gasteiger charge is 1.97. The van der Waals surface area contributed by atoms with Crippen LogP contribution < -0.4 is 4.90 Å². The largest absolute Gasteiger partial charge is 0.375 e.